The minimum atomic E-state index is 0.930. The van der Waals surface area contributed by atoms with Crippen LogP contribution in [0.4, 0.5) is 0 Å². The predicted molar refractivity (Wildman–Crippen MR) is 82.4 cm³/mol. The van der Waals surface area contributed by atoms with E-state index in [0.29, 0.717) is 0 Å². The Labute approximate surface area is 116 Å². The van der Waals surface area contributed by atoms with Gasteiger partial charge < -0.3 is 5.32 Å². The average Bonchev–Trinajstić information content (AvgIpc) is 2.38. The van der Waals surface area contributed by atoms with Gasteiger partial charge in [0.25, 0.3) is 0 Å². The van der Waals surface area contributed by atoms with Gasteiger partial charge in [-0.25, -0.2) is 0 Å². The van der Waals surface area contributed by atoms with E-state index in [0.717, 1.165) is 13.1 Å². The summed E-state index contributed by atoms with van der Waals surface area (Å²) in [6.45, 7) is 10.6. The molecule has 19 heavy (non-hydrogen) atoms. The first-order valence-corrected chi connectivity index (χ1v) is 6.90. The van der Waals surface area contributed by atoms with Crippen LogP contribution in [0.1, 0.15) is 33.4 Å². The zero-order valence-electron chi connectivity index (χ0n) is 12.4. The van der Waals surface area contributed by atoms with Crippen LogP contribution in [-0.4, -0.2) is 0 Å². The largest absolute Gasteiger partial charge is 0.309 e. The average molecular weight is 253 g/mol. The van der Waals surface area contributed by atoms with Gasteiger partial charge in [0, 0.05) is 13.1 Å². The maximum atomic E-state index is 3.55. The first-order chi connectivity index (χ1) is 9.08. The van der Waals surface area contributed by atoms with E-state index in [1.54, 1.807) is 0 Å². The summed E-state index contributed by atoms with van der Waals surface area (Å²) in [5.74, 6) is 0. The van der Waals surface area contributed by atoms with Gasteiger partial charge in [0.1, 0.15) is 0 Å². The van der Waals surface area contributed by atoms with E-state index in [1.807, 2.05) is 0 Å². The molecule has 100 valence electrons. The van der Waals surface area contributed by atoms with Crippen molar-refractivity contribution in [2.45, 2.75) is 40.8 Å². The van der Waals surface area contributed by atoms with Gasteiger partial charge in [0.05, 0.1) is 0 Å². The normalized spacial score (nSPS) is 10.7. The molecule has 1 nitrogen and oxygen atoms in total. The minimum absolute atomic E-state index is 0.930. The van der Waals surface area contributed by atoms with Gasteiger partial charge in [-0.15, -0.1) is 0 Å². The number of benzene rings is 2. The van der Waals surface area contributed by atoms with E-state index < -0.39 is 0 Å². The zero-order valence-corrected chi connectivity index (χ0v) is 12.4. The van der Waals surface area contributed by atoms with Crippen LogP contribution in [0.2, 0.25) is 0 Å². The summed E-state index contributed by atoms with van der Waals surface area (Å²) in [6.07, 6.45) is 0. The lowest BCUT2D eigenvalue weighted by Gasteiger charge is -2.12. The summed E-state index contributed by atoms with van der Waals surface area (Å²) in [6, 6.07) is 13.1. The maximum Gasteiger partial charge on any atom is 0.0211 e. The highest BCUT2D eigenvalue weighted by atomic mass is 14.8. The van der Waals surface area contributed by atoms with Gasteiger partial charge in [0.15, 0.2) is 0 Å². The van der Waals surface area contributed by atoms with Crippen molar-refractivity contribution < 1.29 is 0 Å². The van der Waals surface area contributed by atoms with Crippen molar-refractivity contribution in [3.63, 3.8) is 0 Å². The molecule has 0 atom stereocenters. The lowest BCUT2D eigenvalue weighted by atomic mass is 10.0. The monoisotopic (exact) mass is 253 g/mol. The quantitative estimate of drug-likeness (QED) is 0.860. The van der Waals surface area contributed by atoms with Crippen molar-refractivity contribution in [2.75, 3.05) is 0 Å². The first-order valence-electron chi connectivity index (χ1n) is 6.90. The molecule has 0 saturated carbocycles. The molecular weight excluding hydrogens is 230 g/mol. The Balaban J connectivity index is 2.00. The highest BCUT2D eigenvalue weighted by Gasteiger charge is 2.02. The van der Waals surface area contributed by atoms with Crippen molar-refractivity contribution in [3.05, 3.63) is 69.8 Å². The van der Waals surface area contributed by atoms with Crippen molar-refractivity contribution in [1.29, 1.82) is 0 Å². The maximum absolute atomic E-state index is 3.55. The Morgan fingerprint density at radius 3 is 2.05 bits per heavy atom. The summed E-state index contributed by atoms with van der Waals surface area (Å²) >= 11 is 0. The fourth-order valence-electron chi connectivity index (χ4n) is 2.35. The predicted octanol–water partition coefficient (Wildman–Crippen LogP) is 4.21. The van der Waals surface area contributed by atoms with Crippen LogP contribution in [0.3, 0.4) is 0 Å². The number of rotatable bonds is 4. The van der Waals surface area contributed by atoms with Crippen molar-refractivity contribution in [3.8, 4) is 0 Å². The lowest BCUT2D eigenvalue weighted by molar-refractivity contribution is 0.687. The van der Waals surface area contributed by atoms with Crippen LogP contribution >= 0.6 is 0 Å². The third-order valence-corrected chi connectivity index (χ3v) is 3.84. The molecule has 0 fully saturated rings. The number of aryl methyl sites for hydroxylation is 4. The highest BCUT2D eigenvalue weighted by molar-refractivity contribution is 5.36. The Kier molecular flexibility index (Phi) is 4.39. The second kappa shape index (κ2) is 6.03. The molecule has 0 radical (unpaired) electrons. The van der Waals surface area contributed by atoms with Crippen molar-refractivity contribution in [2.24, 2.45) is 0 Å². The summed E-state index contributed by atoms with van der Waals surface area (Å²) in [7, 11) is 0. The number of hydrogen-bond acceptors (Lipinski definition) is 1. The van der Waals surface area contributed by atoms with Crippen molar-refractivity contribution in [1.82, 2.24) is 5.32 Å². The molecule has 0 bridgehead atoms. The number of nitrogens with one attached hydrogen (secondary N) is 1. The van der Waals surface area contributed by atoms with Gasteiger partial charge in [-0.2, -0.15) is 0 Å². The van der Waals surface area contributed by atoms with E-state index in [4.69, 9.17) is 0 Å². The van der Waals surface area contributed by atoms with Gasteiger partial charge in [-0.05, 0) is 61.1 Å². The highest BCUT2D eigenvalue weighted by Crippen LogP contribution is 2.15. The van der Waals surface area contributed by atoms with Crippen LogP contribution < -0.4 is 5.32 Å². The Bertz CT molecular complexity index is 570. The minimum Gasteiger partial charge on any atom is -0.309 e. The molecule has 0 amide bonds. The van der Waals surface area contributed by atoms with Crippen LogP contribution in [0.25, 0.3) is 0 Å². The molecule has 0 aromatic heterocycles. The van der Waals surface area contributed by atoms with Gasteiger partial charge in [-0.1, -0.05) is 36.4 Å². The van der Waals surface area contributed by atoms with Crippen LogP contribution in [0, 0.1) is 27.7 Å². The summed E-state index contributed by atoms with van der Waals surface area (Å²) in [5.41, 5.74) is 8.26. The van der Waals surface area contributed by atoms with Gasteiger partial charge in [0.2, 0.25) is 0 Å². The lowest BCUT2D eigenvalue weighted by Crippen LogP contribution is -2.14. The molecule has 2 aromatic rings. The molecule has 0 spiro atoms. The molecule has 0 saturated heterocycles. The standard InChI is InChI=1S/C18H23N/c1-13-7-5-6-8-17(13)11-19-12-18-10-15(3)14(2)9-16(18)4/h5-10,19H,11-12H2,1-4H3. The molecule has 2 aromatic carbocycles. The fourth-order valence-corrected chi connectivity index (χ4v) is 2.35. The van der Waals surface area contributed by atoms with E-state index in [-0.39, 0.29) is 0 Å². The molecule has 2 rings (SSSR count). The molecular formula is C18H23N. The summed E-state index contributed by atoms with van der Waals surface area (Å²) < 4.78 is 0. The van der Waals surface area contributed by atoms with Gasteiger partial charge in [-0.3, -0.25) is 0 Å². The Morgan fingerprint density at radius 1 is 0.684 bits per heavy atom. The molecule has 0 unspecified atom stereocenters. The Morgan fingerprint density at radius 2 is 1.32 bits per heavy atom. The van der Waals surface area contributed by atoms with Crippen molar-refractivity contribution >= 4 is 0 Å². The number of hydrogen-bond donors (Lipinski definition) is 1. The topological polar surface area (TPSA) is 12.0 Å². The van der Waals surface area contributed by atoms with E-state index in [2.05, 4.69) is 69.4 Å². The molecule has 0 aliphatic heterocycles. The summed E-state index contributed by atoms with van der Waals surface area (Å²) in [5, 5.41) is 3.55. The molecule has 1 N–H and O–H groups in total. The zero-order chi connectivity index (χ0) is 13.8. The third kappa shape index (κ3) is 3.45. The summed E-state index contributed by atoms with van der Waals surface area (Å²) in [4.78, 5) is 0. The second-order valence-corrected chi connectivity index (χ2v) is 5.39. The van der Waals surface area contributed by atoms with Crippen LogP contribution in [0.5, 0.6) is 0 Å². The van der Waals surface area contributed by atoms with E-state index in [1.165, 1.54) is 33.4 Å². The Hall–Kier alpha value is -1.60. The van der Waals surface area contributed by atoms with Crippen LogP contribution in [0.15, 0.2) is 36.4 Å². The molecule has 0 aliphatic carbocycles. The molecule has 1 heteroatoms. The van der Waals surface area contributed by atoms with E-state index >= 15 is 0 Å². The molecule has 0 aliphatic rings. The smallest absolute Gasteiger partial charge is 0.0211 e. The molecule has 0 heterocycles. The second-order valence-electron chi connectivity index (χ2n) is 5.39. The third-order valence-electron chi connectivity index (χ3n) is 3.84. The first kappa shape index (κ1) is 13.8. The SMILES string of the molecule is Cc1cc(C)c(CNCc2ccccc2C)cc1C. The van der Waals surface area contributed by atoms with E-state index in [9.17, 15) is 0 Å². The van der Waals surface area contributed by atoms with Crippen LogP contribution in [-0.2, 0) is 13.1 Å². The fraction of sp³-hybridized carbons (Fsp3) is 0.333. The van der Waals surface area contributed by atoms with Gasteiger partial charge >= 0.3 is 0 Å².